The summed E-state index contributed by atoms with van der Waals surface area (Å²) < 4.78 is 40.5. The number of hydrogen-bond donors (Lipinski definition) is 0. The Balaban J connectivity index is 1.68. The molecule has 0 amide bonds. The largest absolute Gasteiger partial charge is 0.405 e. The van der Waals surface area contributed by atoms with Gasteiger partial charge in [0, 0.05) is 25.7 Å². The van der Waals surface area contributed by atoms with E-state index in [4.69, 9.17) is 0 Å². The first-order chi connectivity index (χ1) is 12.7. The molecule has 0 radical (unpaired) electrons. The van der Waals surface area contributed by atoms with Gasteiger partial charge in [-0.3, -0.25) is 9.80 Å². The van der Waals surface area contributed by atoms with Crippen molar-refractivity contribution in [1.29, 1.82) is 0 Å². The van der Waals surface area contributed by atoms with Crippen molar-refractivity contribution in [1.82, 2.24) is 9.80 Å². The van der Waals surface area contributed by atoms with Gasteiger partial charge in [0.1, 0.15) is 6.04 Å². The molecule has 1 saturated heterocycles. The number of piperazine rings is 1. The lowest BCUT2D eigenvalue weighted by molar-refractivity contribution is -0.198. The molecule has 2 fully saturated rings. The molecule has 1 heterocycles. The summed E-state index contributed by atoms with van der Waals surface area (Å²) in [5.41, 5.74) is 0. The molecule has 0 bridgehead atoms. The van der Waals surface area contributed by atoms with Crippen molar-refractivity contribution in [3.05, 3.63) is 0 Å². The van der Waals surface area contributed by atoms with Crippen LogP contribution < -0.4 is 0 Å². The van der Waals surface area contributed by atoms with E-state index in [2.05, 4.69) is 13.8 Å². The molecule has 27 heavy (non-hydrogen) atoms. The van der Waals surface area contributed by atoms with Gasteiger partial charge < -0.3 is 0 Å². The third kappa shape index (κ3) is 7.56. The van der Waals surface area contributed by atoms with Crippen LogP contribution in [0.2, 0.25) is 0 Å². The van der Waals surface area contributed by atoms with E-state index in [1.165, 1.54) is 38.5 Å². The molecular formula is C22H41F3N2. The number of halogens is 3. The van der Waals surface area contributed by atoms with Crippen molar-refractivity contribution >= 4 is 0 Å². The Morgan fingerprint density at radius 2 is 1.52 bits per heavy atom. The van der Waals surface area contributed by atoms with E-state index in [-0.39, 0.29) is 12.6 Å². The van der Waals surface area contributed by atoms with Crippen molar-refractivity contribution in [2.75, 3.05) is 26.2 Å². The molecule has 1 atom stereocenters. The van der Waals surface area contributed by atoms with E-state index in [0.717, 1.165) is 37.1 Å². The fourth-order valence-electron chi connectivity index (χ4n) is 5.06. The minimum absolute atomic E-state index is 0.126. The summed E-state index contributed by atoms with van der Waals surface area (Å²) >= 11 is 0. The van der Waals surface area contributed by atoms with Crippen LogP contribution in [0.3, 0.4) is 0 Å². The molecule has 1 aliphatic carbocycles. The molecule has 160 valence electrons. The molecule has 0 N–H and O–H groups in total. The zero-order valence-electron chi connectivity index (χ0n) is 17.9. The van der Waals surface area contributed by atoms with Crippen LogP contribution in [-0.4, -0.2) is 54.2 Å². The van der Waals surface area contributed by atoms with E-state index < -0.39 is 12.2 Å². The predicted molar refractivity (Wildman–Crippen MR) is 107 cm³/mol. The van der Waals surface area contributed by atoms with Gasteiger partial charge in [0.2, 0.25) is 0 Å². The Morgan fingerprint density at radius 3 is 2.07 bits per heavy atom. The molecule has 2 rings (SSSR count). The second kappa shape index (κ2) is 10.5. The molecule has 0 aromatic carbocycles. The monoisotopic (exact) mass is 390 g/mol. The molecule has 2 aliphatic rings. The van der Waals surface area contributed by atoms with Crippen LogP contribution >= 0.6 is 0 Å². The minimum Gasteiger partial charge on any atom is -0.298 e. The maximum atomic E-state index is 13.5. The van der Waals surface area contributed by atoms with Crippen molar-refractivity contribution < 1.29 is 13.2 Å². The fraction of sp³-hybridized carbons (Fsp3) is 1.00. The van der Waals surface area contributed by atoms with Crippen molar-refractivity contribution in [2.45, 2.75) is 97.3 Å². The average Bonchev–Trinajstić information content (AvgIpc) is 2.58. The SMILES string of the molecule is CC(C)CC1CCC(CCCCN2CCN(C(C)C)CC2C(F)(F)F)CC1. The third-order valence-corrected chi connectivity index (χ3v) is 6.71. The standard InChI is InChI=1S/C22H41F3N2/c1-17(2)15-20-10-8-19(9-11-20)7-5-6-12-26-13-14-27(18(3)4)16-21(26)22(23,24)25/h17-21H,5-16H2,1-4H3. The quantitative estimate of drug-likeness (QED) is 0.471. The molecule has 5 heteroatoms. The van der Waals surface area contributed by atoms with Crippen molar-refractivity contribution in [2.24, 2.45) is 17.8 Å². The molecule has 1 aliphatic heterocycles. The van der Waals surface area contributed by atoms with Gasteiger partial charge in [-0.2, -0.15) is 13.2 Å². The smallest absolute Gasteiger partial charge is 0.298 e. The van der Waals surface area contributed by atoms with E-state index in [1.807, 2.05) is 18.7 Å². The maximum absolute atomic E-state index is 13.5. The van der Waals surface area contributed by atoms with Gasteiger partial charge in [0.25, 0.3) is 0 Å². The summed E-state index contributed by atoms with van der Waals surface area (Å²) in [5.74, 6) is 2.51. The number of alkyl halides is 3. The highest BCUT2D eigenvalue weighted by molar-refractivity contribution is 4.88. The first kappa shape index (κ1) is 23.0. The summed E-state index contributed by atoms with van der Waals surface area (Å²) in [5, 5.41) is 0. The Bertz CT molecular complexity index is 414. The first-order valence-electron chi connectivity index (χ1n) is 11.2. The topological polar surface area (TPSA) is 6.48 Å². The van der Waals surface area contributed by atoms with E-state index in [0.29, 0.717) is 13.1 Å². The predicted octanol–water partition coefficient (Wildman–Crippen LogP) is 5.97. The fourth-order valence-corrected chi connectivity index (χ4v) is 5.06. The lowest BCUT2D eigenvalue weighted by Gasteiger charge is -2.43. The van der Waals surface area contributed by atoms with E-state index in [1.54, 1.807) is 4.90 Å². The molecule has 1 saturated carbocycles. The van der Waals surface area contributed by atoms with Gasteiger partial charge in [-0.05, 0) is 51.0 Å². The van der Waals surface area contributed by atoms with Gasteiger partial charge in [0.05, 0.1) is 0 Å². The number of hydrogen-bond acceptors (Lipinski definition) is 2. The number of rotatable bonds is 8. The van der Waals surface area contributed by atoms with Crippen LogP contribution in [0.4, 0.5) is 13.2 Å². The molecule has 0 aromatic heterocycles. The van der Waals surface area contributed by atoms with E-state index in [9.17, 15) is 13.2 Å². The van der Waals surface area contributed by atoms with Crippen LogP contribution in [0.5, 0.6) is 0 Å². The summed E-state index contributed by atoms with van der Waals surface area (Å²) in [6.45, 7) is 10.6. The summed E-state index contributed by atoms with van der Waals surface area (Å²) in [4.78, 5) is 3.66. The van der Waals surface area contributed by atoms with Crippen LogP contribution in [0, 0.1) is 17.8 Å². The van der Waals surface area contributed by atoms with Gasteiger partial charge in [-0.15, -0.1) is 0 Å². The Hall–Kier alpha value is -0.290. The summed E-state index contributed by atoms with van der Waals surface area (Å²) in [6.07, 6.45) is 5.79. The van der Waals surface area contributed by atoms with Gasteiger partial charge in [-0.25, -0.2) is 0 Å². The highest BCUT2D eigenvalue weighted by atomic mass is 19.4. The maximum Gasteiger partial charge on any atom is 0.405 e. The minimum atomic E-state index is -4.12. The number of unbranched alkanes of at least 4 members (excludes halogenated alkanes) is 1. The van der Waals surface area contributed by atoms with Gasteiger partial charge >= 0.3 is 6.18 Å². The molecular weight excluding hydrogens is 349 g/mol. The Kier molecular flexibility index (Phi) is 8.92. The lowest BCUT2D eigenvalue weighted by atomic mass is 9.77. The Labute approximate surface area is 164 Å². The van der Waals surface area contributed by atoms with Crippen molar-refractivity contribution in [3.8, 4) is 0 Å². The van der Waals surface area contributed by atoms with Crippen LogP contribution in [0.15, 0.2) is 0 Å². The van der Waals surface area contributed by atoms with Crippen LogP contribution in [0.1, 0.15) is 79.1 Å². The molecule has 1 unspecified atom stereocenters. The second-order valence-corrected chi connectivity index (χ2v) is 9.69. The zero-order chi connectivity index (χ0) is 20.0. The van der Waals surface area contributed by atoms with E-state index >= 15 is 0 Å². The van der Waals surface area contributed by atoms with Gasteiger partial charge in [-0.1, -0.05) is 52.4 Å². The number of nitrogens with zero attached hydrogens (tertiary/aromatic N) is 2. The second-order valence-electron chi connectivity index (χ2n) is 9.69. The van der Waals surface area contributed by atoms with Crippen LogP contribution in [0.25, 0.3) is 0 Å². The summed E-state index contributed by atoms with van der Waals surface area (Å²) in [7, 11) is 0. The highest BCUT2D eigenvalue weighted by Gasteiger charge is 2.46. The molecule has 0 spiro atoms. The first-order valence-corrected chi connectivity index (χ1v) is 11.2. The van der Waals surface area contributed by atoms with Crippen LogP contribution in [-0.2, 0) is 0 Å². The zero-order valence-corrected chi connectivity index (χ0v) is 17.9. The average molecular weight is 391 g/mol. The Morgan fingerprint density at radius 1 is 0.889 bits per heavy atom. The molecule has 0 aromatic rings. The normalized spacial score (nSPS) is 29.0. The highest BCUT2D eigenvalue weighted by Crippen LogP contribution is 2.35. The third-order valence-electron chi connectivity index (χ3n) is 6.71. The van der Waals surface area contributed by atoms with Gasteiger partial charge in [0.15, 0.2) is 0 Å². The lowest BCUT2D eigenvalue weighted by Crippen LogP contribution is -2.60. The van der Waals surface area contributed by atoms with Crippen molar-refractivity contribution in [3.63, 3.8) is 0 Å². The molecule has 2 nitrogen and oxygen atoms in total. The summed E-state index contributed by atoms with van der Waals surface area (Å²) in [6, 6.07) is -1.11.